The van der Waals surface area contributed by atoms with Crippen LogP contribution in [0.2, 0.25) is 0 Å². The second kappa shape index (κ2) is 4.78. The Labute approximate surface area is 115 Å². The molecule has 1 saturated carbocycles. The van der Waals surface area contributed by atoms with E-state index in [0.717, 1.165) is 12.1 Å². The van der Waals surface area contributed by atoms with Crippen LogP contribution in [0.25, 0.3) is 0 Å². The Bertz CT molecular complexity index is 454. The maximum Gasteiger partial charge on any atom is 0.165 e. The van der Waals surface area contributed by atoms with E-state index in [2.05, 4.69) is 33.0 Å². The summed E-state index contributed by atoms with van der Waals surface area (Å²) in [6, 6.07) is 5.12. The first-order valence-electron chi connectivity index (χ1n) is 6.84. The summed E-state index contributed by atoms with van der Waals surface area (Å²) < 4.78 is 18.5. The average Bonchev–Trinajstić information content (AvgIpc) is 2.71. The molecule has 1 aromatic rings. The maximum atomic E-state index is 13.5. The van der Waals surface area contributed by atoms with E-state index in [9.17, 15) is 4.39 Å². The predicted molar refractivity (Wildman–Crippen MR) is 75.7 cm³/mol. The van der Waals surface area contributed by atoms with Gasteiger partial charge in [-0.25, -0.2) is 4.39 Å². The highest BCUT2D eigenvalue weighted by molar-refractivity contribution is 5.29. The number of methoxy groups -OCH3 is 1. The lowest BCUT2D eigenvalue weighted by molar-refractivity contribution is 0.386. The van der Waals surface area contributed by atoms with Crippen LogP contribution in [-0.2, 0) is 6.54 Å². The summed E-state index contributed by atoms with van der Waals surface area (Å²) >= 11 is 0. The number of hydrogen-bond acceptors (Lipinski definition) is 2. The van der Waals surface area contributed by atoms with Gasteiger partial charge in [0.1, 0.15) is 0 Å². The standard InChI is InChI=1S/C16H24FNO/c1-15(2)14(16(15,3)4)10-18-9-11-6-7-13(19-5)12(17)8-11/h6-8,14,18H,9-10H2,1-5H3. The molecular formula is C16H24FNO. The Morgan fingerprint density at radius 1 is 1.21 bits per heavy atom. The van der Waals surface area contributed by atoms with Crippen LogP contribution in [0.5, 0.6) is 5.75 Å². The number of nitrogens with one attached hydrogen (secondary N) is 1. The van der Waals surface area contributed by atoms with Crippen molar-refractivity contribution in [3.8, 4) is 5.75 Å². The molecule has 106 valence electrons. The molecule has 0 bridgehead atoms. The van der Waals surface area contributed by atoms with Gasteiger partial charge in [0.2, 0.25) is 0 Å². The van der Waals surface area contributed by atoms with Crippen LogP contribution in [-0.4, -0.2) is 13.7 Å². The summed E-state index contributed by atoms with van der Waals surface area (Å²) in [6.45, 7) is 10.9. The lowest BCUT2D eigenvalue weighted by Gasteiger charge is -2.08. The molecule has 0 unspecified atom stereocenters. The minimum Gasteiger partial charge on any atom is -0.494 e. The number of benzene rings is 1. The third kappa shape index (κ3) is 2.48. The lowest BCUT2D eigenvalue weighted by Crippen LogP contribution is -2.18. The first kappa shape index (κ1) is 14.3. The number of halogens is 1. The van der Waals surface area contributed by atoms with Gasteiger partial charge in [-0.3, -0.25) is 0 Å². The van der Waals surface area contributed by atoms with Gasteiger partial charge in [0.25, 0.3) is 0 Å². The zero-order valence-electron chi connectivity index (χ0n) is 12.5. The summed E-state index contributed by atoms with van der Waals surface area (Å²) in [4.78, 5) is 0. The van der Waals surface area contributed by atoms with Crippen LogP contribution in [0.1, 0.15) is 33.3 Å². The molecule has 1 N–H and O–H groups in total. The highest BCUT2D eigenvalue weighted by Gasteiger charge is 2.63. The molecule has 1 aromatic carbocycles. The zero-order chi connectivity index (χ0) is 14.3. The van der Waals surface area contributed by atoms with Gasteiger partial charge in [-0.2, -0.15) is 0 Å². The van der Waals surface area contributed by atoms with Crippen molar-refractivity contribution in [2.75, 3.05) is 13.7 Å². The van der Waals surface area contributed by atoms with Crippen molar-refractivity contribution < 1.29 is 9.13 Å². The van der Waals surface area contributed by atoms with Crippen molar-refractivity contribution in [3.05, 3.63) is 29.6 Å². The van der Waals surface area contributed by atoms with E-state index in [1.54, 1.807) is 6.07 Å². The van der Waals surface area contributed by atoms with Crippen molar-refractivity contribution in [1.82, 2.24) is 5.32 Å². The smallest absolute Gasteiger partial charge is 0.165 e. The number of hydrogen-bond donors (Lipinski definition) is 1. The Morgan fingerprint density at radius 3 is 2.32 bits per heavy atom. The Balaban J connectivity index is 1.86. The fourth-order valence-corrected chi connectivity index (χ4v) is 3.02. The van der Waals surface area contributed by atoms with E-state index in [0.29, 0.717) is 29.0 Å². The van der Waals surface area contributed by atoms with Crippen LogP contribution in [0.3, 0.4) is 0 Å². The predicted octanol–water partition coefficient (Wildman–Crippen LogP) is 3.61. The molecule has 0 atom stereocenters. The molecule has 2 nitrogen and oxygen atoms in total. The molecule has 0 heterocycles. The molecular weight excluding hydrogens is 241 g/mol. The fraction of sp³-hybridized carbons (Fsp3) is 0.625. The second-order valence-electron chi connectivity index (χ2n) is 6.60. The maximum absolute atomic E-state index is 13.5. The molecule has 0 aliphatic heterocycles. The van der Waals surface area contributed by atoms with Crippen molar-refractivity contribution in [1.29, 1.82) is 0 Å². The lowest BCUT2D eigenvalue weighted by atomic mass is 10.0. The molecule has 1 aliphatic carbocycles. The van der Waals surface area contributed by atoms with Gasteiger partial charge >= 0.3 is 0 Å². The van der Waals surface area contributed by atoms with E-state index in [1.807, 2.05) is 6.07 Å². The Morgan fingerprint density at radius 2 is 1.84 bits per heavy atom. The molecule has 1 aliphatic rings. The van der Waals surface area contributed by atoms with Gasteiger partial charge in [0.15, 0.2) is 11.6 Å². The molecule has 0 saturated heterocycles. The fourth-order valence-electron chi connectivity index (χ4n) is 3.02. The third-order valence-electron chi connectivity index (χ3n) is 5.21. The second-order valence-corrected chi connectivity index (χ2v) is 6.60. The third-order valence-corrected chi connectivity index (χ3v) is 5.21. The van der Waals surface area contributed by atoms with Crippen molar-refractivity contribution in [3.63, 3.8) is 0 Å². The van der Waals surface area contributed by atoms with E-state index < -0.39 is 0 Å². The zero-order valence-corrected chi connectivity index (χ0v) is 12.5. The van der Waals surface area contributed by atoms with E-state index in [1.165, 1.54) is 13.2 Å². The summed E-state index contributed by atoms with van der Waals surface area (Å²) in [7, 11) is 1.48. The van der Waals surface area contributed by atoms with Gasteiger partial charge in [-0.05, 0) is 41.0 Å². The number of ether oxygens (including phenoxy) is 1. The quantitative estimate of drug-likeness (QED) is 0.878. The molecule has 2 rings (SSSR count). The highest BCUT2D eigenvalue weighted by atomic mass is 19.1. The molecule has 0 aromatic heterocycles. The van der Waals surface area contributed by atoms with E-state index in [4.69, 9.17) is 4.74 Å². The van der Waals surface area contributed by atoms with Crippen molar-refractivity contribution in [2.24, 2.45) is 16.7 Å². The van der Waals surface area contributed by atoms with E-state index >= 15 is 0 Å². The SMILES string of the molecule is COc1ccc(CNCC2C(C)(C)C2(C)C)cc1F. The molecule has 0 spiro atoms. The van der Waals surface area contributed by atoms with Crippen LogP contribution in [0.15, 0.2) is 18.2 Å². The highest BCUT2D eigenvalue weighted by Crippen LogP contribution is 2.67. The Hall–Kier alpha value is -1.09. The van der Waals surface area contributed by atoms with Gasteiger partial charge in [0.05, 0.1) is 7.11 Å². The van der Waals surface area contributed by atoms with Crippen molar-refractivity contribution >= 4 is 0 Å². The normalized spacial score (nSPS) is 20.3. The van der Waals surface area contributed by atoms with Gasteiger partial charge in [0, 0.05) is 6.54 Å². The molecule has 3 heteroatoms. The van der Waals surface area contributed by atoms with Crippen LogP contribution in [0.4, 0.5) is 4.39 Å². The van der Waals surface area contributed by atoms with Crippen LogP contribution < -0.4 is 10.1 Å². The molecule has 1 fully saturated rings. The summed E-state index contributed by atoms with van der Waals surface area (Å²) in [5.74, 6) is 0.685. The largest absolute Gasteiger partial charge is 0.494 e. The van der Waals surface area contributed by atoms with Gasteiger partial charge < -0.3 is 10.1 Å². The minimum absolute atomic E-state index is 0.297. The van der Waals surface area contributed by atoms with Crippen molar-refractivity contribution in [2.45, 2.75) is 34.2 Å². The molecule has 0 radical (unpaired) electrons. The van der Waals surface area contributed by atoms with Gasteiger partial charge in [-0.15, -0.1) is 0 Å². The average molecular weight is 265 g/mol. The van der Waals surface area contributed by atoms with Gasteiger partial charge in [-0.1, -0.05) is 33.8 Å². The topological polar surface area (TPSA) is 21.3 Å². The molecule has 19 heavy (non-hydrogen) atoms. The monoisotopic (exact) mass is 265 g/mol. The van der Waals surface area contributed by atoms with Crippen LogP contribution in [0, 0.1) is 22.6 Å². The minimum atomic E-state index is -0.297. The first-order valence-corrected chi connectivity index (χ1v) is 6.84. The first-order chi connectivity index (χ1) is 8.80. The summed E-state index contributed by atoms with van der Waals surface area (Å²) in [6.07, 6.45) is 0. The Kier molecular flexibility index (Phi) is 3.61. The summed E-state index contributed by atoms with van der Waals surface area (Å²) in [5.41, 5.74) is 1.74. The number of rotatable bonds is 5. The molecule has 0 amide bonds. The van der Waals surface area contributed by atoms with Crippen LogP contribution >= 0.6 is 0 Å². The summed E-state index contributed by atoms with van der Waals surface area (Å²) in [5, 5.41) is 3.43. The van der Waals surface area contributed by atoms with E-state index in [-0.39, 0.29) is 5.82 Å².